The number of carbonyl (C=O) groups is 1. The smallest absolute Gasteiger partial charge is 0.433 e. The summed E-state index contributed by atoms with van der Waals surface area (Å²) in [7, 11) is 0. The summed E-state index contributed by atoms with van der Waals surface area (Å²) in [5, 5.41) is 32.3. The van der Waals surface area contributed by atoms with E-state index >= 15 is 0 Å². The maximum absolute atomic E-state index is 13.1. The Kier molecular flexibility index (Phi) is 6.62. The quantitative estimate of drug-likeness (QED) is 0.226. The van der Waals surface area contributed by atoms with Crippen LogP contribution in [0.25, 0.3) is 21.3 Å². The summed E-state index contributed by atoms with van der Waals surface area (Å²) in [6.07, 6.45) is 1.24. The van der Waals surface area contributed by atoms with E-state index in [1.807, 2.05) is 13.8 Å². The highest BCUT2D eigenvalue weighted by Crippen LogP contribution is 2.50. The Bertz CT molecular complexity index is 1530. The molecule has 1 aromatic carbocycles. The lowest BCUT2D eigenvalue weighted by atomic mass is 9.62. The zero-order chi connectivity index (χ0) is 28.2. The van der Waals surface area contributed by atoms with Crippen molar-refractivity contribution in [3.63, 3.8) is 0 Å². The highest BCUT2D eigenvalue weighted by molar-refractivity contribution is 7.15. The fourth-order valence-electron chi connectivity index (χ4n) is 5.41. The minimum absolute atomic E-state index is 0.180. The number of rotatable bonds is 6. The Morgan fingerprint density at radius 3 is 2.67 bits per heavy atom. The monoisotopic (exact) mass is 560 g/mol. The van der Waals surface area contributed by atoms with E-state index in [1.54, 1.807) is 31.5 Å². The highest BCUT2D eigenvalue weighted by Gasteiger charge is 2.47. The molecule has 1 fully saturated rings. The van der Waals surface area contributed by atoms with Gasteiger partial charge in [-0.3, -0.25) is 9.89 Å². The standard InChI is InChI=1S/C26H27F3N6O3S/c1-24(2)10-14(4-5-17(24)21(36)37)25(3,38)22-31-12-18(39-22)16-9-15(8-13-11-32-35-20(13)16)33-23-30-7-6-19(34-23)26(27,28)29/h6-9,11-12,14,17,38H,4-5,10H2,1-3H3,(H,32,35)(H,36,37)(H,30,33,34)/t14-,17+,25?/m0/s1. The first kappa shape index (κ1) is 27.0. The lowest BCUT2D eigenvalue weighted by Gasteiger charge is -2.44. The normalized spacial score (nSPS) is 21.0. The molecule has 1 unspecified atom stereocenters. The summed E-state index contributed by atoms with van der Waals surface area (Å²) in [5.41, 5.74) is -0.976. The third kappa shape index (κ3) is 5.20. The number of thiazole rings is 1. The summed E-state index contributed by atoms with van der Waals surface area (Å²) >= 11 is 1.30. The van der Waals surface area contributed by atoms with Crippen molar-refractivity contribution in [3.05, 3.63) is 47.5 Å². The number of nitrogens with zero attached hydrogens (tertiary/aromatic N) is 4. The zero-order valence-electron chi connectivity index (χ0n) is 21.4. The van der Waals surface area contributed by atoms with Crippen LogP contribution in [0.4, 0.5) is 24.8 Å². The van der Waals surface area contributed by atoms with Crippen LogP contribution in [0.5, 0.6) is 0 Å². The second kappa shape index (κ2) is 9.56. The number of carboxylic acids is 1. The Morgan fingerprint density at radius 2 is 1.97 bits per heavy atom. The van der Waals surface area contributed by atoms with E-state index in [9.17, 15) is 28.2 Å². The summed E-state index contributed by atoms with van der Waals surface area (Å²) in [6, 6.07) is 4.25. The van der Waals surface area contributed by atoms with E-state index in [0.717, 1.165) is 12.3 Å². The van der Waals surface area contributed by atoms with E-state index < -0.39 is 34.8 Å². The average molecular weight is 561 g/mol. The second-order valence-corrected chi connectivity index (χ2v) is 11.8. The molecule has 3 atom stereocenters. The van der Waals surface area contributed by atoms with Crippen LogP contribution in [0.2, 0.25) is 0 Å². The molecule has 0 radical (unpaired) electrons. The summed E-state index contributed by atoms with van der Waals surface area (Å²) in [6.45, 7) is 5.55. The molecule has 39 heavy (non-hydrogen) atoms. The number of hydrogen-bond acceptors (Lipinski definition) is 8. The van der Waals surface area contributed by atoms with Crippen molar-refractivity contribution in [2.45, 2.75) is 51.8 Å². The van der Waals surface area contributed by atoms with Gasteiger partial charge in [-0.2, -0.15) is 18.3 Å². The Hall–Kier alpha value is -3.58. The first-order valence-corrected chi connectivity index (χ1v) is 13.1. The van der Waals surface area contributed by atoms with Crippen LogP contribution < -0.4 is 5.32 Å². The molecule has 4 N–H and O–H groups in total. The fraction of sp³-hybridized carbons (Fsp3) is 0.423. The summed E-state index contributed by atoms with van der Waals surface area (Å²) in [5.74, 6) is -1.67. The van der Waals surface area contributed by atoms with Crippen LogP contribution in [0.3, 0.4) is 0 Å². The van der Waals surface area contributed by atoms with E-state index in [4.69, 9.17) is 0 Å². The number of aromatic amines is 1. The maximum atomic E-state index is 13.1. The SMILES string of the molecule is CC1(C)C[C@@H](C(C)(O)c2ncc(-c3cc(Nc4nccc(C(F)(F)F)n4)cc4cn[nH]c34)s2)CC[C@@H]1C(=O)O. The van der Waals surface area contributed by atoms with Crippen LogP contribution in [0.1, 0.15) is 50.7 Å². The van der Waals surface area contributed by atoms with Gasteiger partial charge in [-0.25, -0.2) is 15.0 Å². The molecular formula is C26H27F3N6O3S. The van der Waals surface area contributed by atoms with Crippen LogP contribution in [0, 0.1) is 17.3 Å². The van der Waals surface area contributed by atoms with E-state index in [2.05, 4.69) is 30.5 Å². The lowest BCUT2D eigenvalue weighted by molar-refractivity contribution is -0.151. The molecule has 206 valence electrons. The number of aliphatic hydroxyl groups is 1. The molecule has 1 aliphatic rings. The molecule has 3 aromatic heterocycles. The van der Waals surface area contributed by atoms with E-state index in [-0.39, 0.29) is 11.9 Å². The Morgan fingerprint density at radius 1 is 1.21 bits per heavy atom. The van der Waals surface area contributed by atoms with Gasteiger partial charge in [0.05, 0.1) is 22.5 Å². The van der Waals surface area contributed by atoms with E-state index in [1.165, 1.54) is 11.3 Å². The molecular weight excluding hydrogens is 533 g/mol. The van der Waals surface area contributed by atoms with Crippen LogP contribution in [0.15, 0.2) is 36.8 Å². The lowest BCUT2D eigenvalue weighted by Crippen LogP contribution is -2.43. The molecule has 0 amide bonds. The Balaban J connectivity index is 1.45. The maximum Gasteiger partial charge on any atom is 0.433 e. The van der Waals surface area contributed by atoms with E-state index in [0.29, 0.717) is 51.3 Å². The molecule has 9 nitrogen and oxygen atoms in total. The third-order valence-electron chi connectivity index (χ3n) is 7.57. The number of halogens is 3. The van der Waals surface area contributed by atoms with Gasteiger partial charge in [-0.05, 0) is 55.7 Å². The van der Waals surface area contributed by atoms with Crippen molar-refractivity contribution in [1.29, 1.82) is 0 Å². The fourth-order valence-corrected chi connectivity index (χ4v) is 6.48. The van der Waals surface area contributed by atoms with Crippen LogP contribution >= 0.6 is 11.3 Å². The van der Waals surface area contributed by atoms with Crippen molar-refractivity contribution in [1.82, 2.24) is 25.1 Å². The number of aromatic nitrogens is 5. The average Bonchev–Trinajstić information content (AvgIpc) is 3.53. The van der Waals surface area contributed by atoms with Crippen molar-refractivity contribution in [2.24, 2.45) is 17.3 Å². The topological polar surface area (TPSA) is 137 Å². The summed E-state index contributed by atoms with van der Waals surface area (Å²) < 4.78 is 39.3. The molecule has 0 aliphatic heterocycles. The number of alkyl halides is 3. The number of anilines is 2. The molecule has 3 heterocycles. The van der Waals surface area contributed by atoms with Crippen LogP contribution in [-0.4, -0.2) is 41.3 Å². The Labute approximate surface area is 225 Å². The van der Waals surface area contributed by atoms with Gasteiger partial charge in [0.1, 0.15) is 16.3 Å². The van der Waals surface area contributed by atoms with Gasteiger partial charge in [0.2, 0.25) is 5.95 Å². The first-order valence-electron chi connectivity index (χ1n) is 12.3. The van der Waals surface area contributed by atoms with Gasteiger partial charge in [-0.1, -0.05) is 13.8 Å². The predicted octanol–water partition coefficient (Wildman–Crippen LogP) is 5.97. The van der Waals surface area contributed by atoms with Crippen molar-refractivity contribution < 1.29 is 28.2 Å². The number of benzene rings is 1. The molecule has 0 saturated heterocycles. The zero-order valence-corrected chi connectivity index (χ0v) is 22.2. The van der Waals surface area contributed by atoms with Gasteiger partial charge < -0.3 is 15.5 Å². The number of aliphatic carboxylic acids is 1. The van der Waals surface area contributed by atoms with Gasteiger partial charge in [-0.15, -0.1) is 11.3 Å². The second-order valence-electron chi connectivity index (χ2n) is 10.8. The minimum Gasteiger partial charge on any atom is -0.481 e. The van der Waals surface area contributed by atoms with Gasteiger partial charge >= 0.3 is 12.1 Å². The number of hydrogen-bond donors (Lipinski definition) is 4. The molecule has 13 heteroatoms. The number of nitrogens with one attached hydrogen (secondary N) is 2. The molecule has 5 rings (SSSR count). The molecule has 1 saturated carbocycles. The summed E-state index contributed by atoms with van der Waals surface area (Å²) in [4.78, 5) is 24.4. The van der Waals surface area contributed by atoms with Crippen molar-refractivity contribution >= 4 is 39.8 Å². The first-order chi connectivity index (χ1) is 18.3. The predicted molar refractivity (Wildman–Crippen MR) is 139 cm³/mol. The number of carboxylic acid groups (broad SMARTS) is 1. The highest BCUT2D eigenvalue weighted by atomic mass is 32.1. The van der Waals surface area contributed by atoms with Crippen molar-refractivity contribution in [3.8, 4) is 10.4 Å². The third-order valence-corrected chi connectivity index (χ3v) is 8.83. The van der Waals surface area contributed by atoms with Gasteiger partial charge in [0, 0.05) is 29.0 Å². The number of H-pyrrole nitrogens is 1. The molecule has 4 aromatic rings. The molecule has 0 bridgehead atoms. The van der Waals surface area contributed by atoms with Crippen LogP contribution in [-0.2, 0) is 16.6 Å². The largest absolute Gasteiger partial charge is 0.481 e. The minimum atomic E-state index is -4.60. The number of fused-ring (bicyclic) bond motifs is 1. The molecule has 0 spiro atoms. The van der Waals surface area contributed by atoms with Gasteiger partial charge in [0.25, 0.3) is 0 Å². The van der Waals surface area contributed by atoms with Gasteiger partial charge in [0.15, 0.2) is 0 Å². The molecule has 1 aliphatic carbocycles. The van der Waals surface area contributed by atoms with Crippen molar-refractivity contribution in [2.75, 3.05) is 5.32 Å².